The maximum atomic E-state index is 11.5. The highest BCUT2D eigenvalue weighted by molar-refractivity contribution is 5.97. The van der Waals surface area contributed by atoms with E-state index in [-0.39, 0.29) is 24.1 Å². The molecule has 5 heteroatoms. The molecule has 0 radical (unpaired) electrons. The monoisotopic (exact) mass is 225 g/mol. The molecule has 0 aromatic carbocycles. The molecule has 0 aliphatic heterocycles. The second-order valence-electron chi connectivity index (χ2n) is 3.48. The summed E-state index contributed by atoms with van der Waals surface area (Å²) in [6.45, 7) is 4.46. The molecule has 0 aromatic heterocycles. The van der Waals surface area contributed by atoms with E-state index in [9.17, 15) is 4.79 Å². The fraction of sp³-hybridized carbons (Fsp3) is 0.636. The zero-order valence-electron chi connectivity index (χ0n) is 9.79. The number of hydrogen-bond acceptors (Lipinski definition) is 4. The second-order valence-corrected chi connectivity index (χ2v) is 3.48. The third-order valence-electron chi connectivity index (χ3n) is 2.08. The van der Waals surface area contributed by atoms with E-state index in [1.54, 1.807) is 0 Å². The van der Waals surface area contributed by atoms with E-state index in [1.165, 1.54) is 6.20 Å². The Morgan fingerprint density at radius 2 is 2.31 bits per heavy atom. The summed E-state index contributed by atoms with van der Waals surface area (Å²) < 4.78 is 0. The first-order valence-electron chi connectivity index (χ1n) is 5.41. The van der Waals surface area contributed by atoms with Crippen molar-refractivity contribution in [1.82, 2.24) is 10.6 Å². The van der Waals surface area contributed by atoms with Crippen molar-refractivity contribution in [2.24, 2.45) is 0 Å². The van der Waals surface area contributed by atoms with Crippen LogP contribution in [0.1, 0.15) is 26.7 Å². The van der Waals surface area contributed by atoms with Crippen LogP contribution < -0.4 is 10.6 Å². The molecule has 0 fully saturated rings. The van der Waals surface area contributed by atoms with Crippen LogP contribution in [0.25, 0.3) is 0 Å². The second kappa shape index (κ2) is 8.74. The van der Waals surface area contributed by atoms with Gasteiger partial charge in [-0.1, -0.05) is 6.92 Å². The molecule has 90 valence electrons. The smallest absolute Gasteiger partial charge is 0.263 e. The lowest BCUT2D eigenvalue weighted by molar-refractivity contribution is -0.117. The summed E-state index contributed by atoms with van der Waals surface area (Å²) in [5.74, 6) is -0.367. The Hall–Kier alpha value is -1.54. The average molecular weight is 225 g/mol. The number of carbonyl (C=O) groups excluding carboxylic acids is 1. The first-order valence-corrected chi connectivity index (χ1v) is 5.41. The number of carbonyl (C=O) groups is 1. The van der Waals surface area contributed by atoms with Crippen molar-refractivity contribution in [2.45, 2.75) is 32.7 Å². The Kier molecular flexibility index (Phi) is 7.90. The molecule has 1 atom stereocenters. The van der Waals surface area contributed by atoms with Gasteiger partial charge in [-0.2, -0.15) is 5.26 Å². The molecule has 0 rings (SSSR count). The Labute approximate surface area is 96.1 Å². The highest BCUT2D eigenvalue weighted by atomic mass is 16.3. The van der Waals surface area contributed by atoms with Gasteiger partial charge in [-0.05, 0) is 19.8 Å². The molecule has 0 bridgehead atoms. The Bertz CT molecular complexity index is 281. The molecule has 0 saturated carbocycles. The lowest BCUT2D eigenvalue weighted by atomic mass is 10.2. The molecular formula is C11H19N3O2. The van der Waals surface area contributed by atoms with Crippen molar-refractivity contribution in [1.29, 1.82) is 5.26 Å². The van der Waals surface area contributed by atoms with Gasteiger partial charge in [-0.25, -0.2) is 0 Å². The Morgan fingerprint density at radius 1 is 1.62 bits per heavy atom. The zero-order chi connectivity index (χ0) is 12.4. The summed E-state index contributed by atoms with van der Waals surface area (Å²) in [6, 6.07) is 1.89. The predicted octanol–water partition coefficient (Wildman–Crippen LogP) is 0.281. The van der Waals surface area contributed by atoms with Crippen LogP contribution in [0, 0.1) is 11.3 Å². The van der Waals surface area contributed by atoms with E-state index in [0.717, 1.165) is 6.42 Å². The number of aliphatic hydroxyl groups is 1. The standard InChI is InChI=1S/C11H19N3O2/c1-3-9(2)14-11(16)10(7-12)8-13-5-4-6-15/h8-9,13,15H,3-6H2,1-2H3,(H,14,16)/b10-8-. The van der Waals surface area contributed by atoms with Gasteiger partial charge in [-0.3, -0.25) is 4.79 Å². The van der Waals surface area contributed by atoms with Crippen LogP contribution in [-0.4, -0.2) is 30.2 Å². The van der Waals surface area contributed by atoms with E-state index in [1.807, 2.05) is 19.9 Å². The molecule has 16 heavy (non-hydrogen) atoms. The van der Waals surface area contributed by atoms with E-state index in [2.05, 4.69) is 10.6 Å². The van der Waals surface area contributed by atoms with Crippen LogP contribution >= 0.6 is 0 Å². The minimum atomic E-state index is -0.367. The topological polar surface area (TPSA) is 85.2 Å². The molecule has 0 aliphatic carbocycles. The lowest BCUT2D eigenvalue weighted by Crippen LogP contribution is -2.33. The van der Waals surface area contributed by atoms with Gasteiger partial charge in [0.15, 0.2) is 0 Å². The van der Waals surface area contributed by atoms with Gasteiger partial charge in [0.05, 0.1) is 0 Å². The first kappa shape index (κ1) is 14.5. The minimum Gasteiger partial charge on any atom is -0.396 e. The molecule has 0 spiro atoms. The number of aliphatic hydroxyl groups excluding tert-OH is 1. The third-order valence-corrected chi connectivity index (χ3v) is 2.08. The number of rotatable bonds is 7. The fourth-order valence-electron chi connectivity index (χ4n) is 0.908. The maximum Gasteiger partial charge on any atom is 0.263 e. The van der Waals surface area contributed by atoms with Gasteiger partial charge in [0, 0.05) is 25.4 Å². The molecule has 3 N–H and O–H groups in total. The highest BCUT2D eigenvalue weighted by Crippen LogP contribution is 1.94. The predicted molar refractivity (Wildman–Crippen MR) is 61.3 cm³/mol. The minimum absolute atomic E-state index is 0.0539. The summed E-state index contributed by atoms with van der Waals surface area (Å²) in [7, 11) is 0. The van der Waals surface area contributed by atoms with Crippen molar-refractivity contribution in [2.75, 3.05) is 13.2 Å². The molecule has 5 nitrogen and oxygen atoms in total. The third kappa shape index (κ3) is 6.04. The van der Waals surface area contributed by atoms with E-state index >= 15 is 0 Å². The molecule has 0 heterocycles. The van der Waals surface area contributed by atoms with Gasteiger partial charge in [0.25, 0.3) is 5.91 Å². The summed E-state index contributed by atoms with van der Waals surface area (Å²) >= 11 is 0. The molecule has 1 unspecified atom stereocenters. The molecular weight excluding hydrogens is 206 g/mol. The van der Waals surface area contributed by atoms with Crippen molar-refractivity contribution in [3.05, 3.63) is 11.8 Å². The van der Waals surface area contributed by atoms with Gasteiger partial charge < -0.3 is 15.7 Å². The number of nitrogens with one attached hydrogen (secondary N) is 2. The summed E-state index contributed by atoms with van der Waals surface area (Å²) in [5.41, 5.74) is 0.0539. The number of hydrogen-bond donors (Lipinski definition) is 3. The lowest BCUT2D eigenvalue weighted by Gasteiger charge is -2.10. The summed E-state index contributed by atoms with van der Waals surface area (Å²) in [4.78, 5) is 11.5. The highest BCUT2D eigenvalue weighted by Gasteiger charge is 2.10. The van der Waals surface area contributed by atoms with Crippen LogP contribution in [-0.2, 0) is 4.79 Å². The van der Waals surface area contributed by atoms with Gasteiger partial charge in [0.2, 0.25) is 0 Å². The van der Waals surface area contributed by atoms with Crippen molar-refractivity contribution in [3.8, 4) is 6.07 Å². The Balaban J connectivity index is 4.16. The van der Waals surface area contributed by atoms with Crippen molar-refractivity contribution < 1.29 is 9.90 Å². The Morgan fingerprint density at radius 3 is 2.81 bits per heavy atom. The maximum absolute atomic E-state index is 11.5. The van der Waals surface area contributed by atoms with Crippen LogP contribution in [0.2, 0.25) is 0 Å². The van der Waals surface area contributed by atoms with Gasteiger partial charge >= 0.3 is 0 Å². The fourth-order valence-corrected chi connectivity index (χ4v) is 0.908. The molecule has 0 aliphatic rings. The van der Waals surface area contributed by atoms with Crippen LogP contribution in [0.3, 0.4) is 0 Å². The normalized spacial score (nSPS) is 12.8. The number of nitriles is 1. The van der Waals surface area contributed by atoms with Crippen molar-refractivity contribution >= 4 is 5.91 Å². The van der Waals surface area contributed by atoms with Crippen LogP contribution in [0.5, 0.6) is 0 Å². The molecule has 0 saturated heterocycles. The molecule has 1 amide bonds. The van der Waals surface area contributed by atoms with Crippen molar-refractivity contribution in [3.63, 3.8) is 0 Å². The van der Waals surface area contributed by atoms with Crippen LogP contribution in [0.4, 0.5) is 0 Å². The SMILES string of the molecule is CCC(C)NC(=O)/C(C#N)=C\NCCCO. The number of amides is 1. The average Bonchev–Trinajstić information content (AvgIpc) is 2.28. The number of nitrogens with zero attached hydrogens (tertiary/aromatic N) is 1. The quantitative estimate of drug-likeness (QED) is 0.330. The van der Waals surface area contributed by atoms with E-state index in [0.29, 0.717) is 13.0 Å². The van der Waals surface area contributed by atoms with Gasteiger partial charge in [0.1, 0.15) is 11.6 Å². The molecule has 0 aromatic rings. The summed E-state index contributed by atoms with van der Waals surface area (Å²) in [6.07, 6.45) is 2.79. The zero-order valence-corrected chi connectivity index (χ0v) is 9.79. The largest absolute Gasteiger partial charge is 0.396 e. The first-order chi connectivity index (χ1) is 7.65. The van der Waals surface area contributed by atoms with E-state index < -0.39 is 0 Å². The van der Waals surface area contributed by atoms with Crippen LogP contribution in [0.15, 0.2) is 11.8 Å². The van der Waals surface area contributed by atoms with E-state index in [4.69, 9.17) is 10.4 Å². The van der Waals surface area contributed by atoms with Gasteiger partial charge in [-0.15, -0.1) is 0 Å². The summed E-state index contributed by atoms with van der Waals surface area (Å²) in [5, 5.41) is 22.8.